The Morgan fingerprint density at radius 3 is 2.50 bits per heavy atom. The molecule has 1 aromatic rings. The predicted octanol–water partition coefficient (Wildman–Crippen LogP) is 1.55. The summed E-state index contributed by atoms with van der Waals surface area (Å²) in [7, 11) is -4.13. The van der Waals surface area contributed by atoms with Crippen molar-refractivity contribution in [1.82, 2.24) is 0 Å². The van der Waals surface area contributed by atoms with E-state index in [9.17, 15) is 21.6 Å². The Balaban J connectivity index is 3.23. The third-order valence-corrected chi connectivity index (χ3v) is 2.91. The van der Waals surface area contributed by atoms with Crippen LogP contribution in [0.5, 0.6) is 0 Å². The minimum atomic E-state index is -4.75. The molecule has 0 aliphatic rings. The largest absolute Gasteiger partial charge is 0.418 e. The van der Waals surface area contributed by atoms with Gasteiger partial charge in [0.25, 0.3) is 0 Å². The number of hydrogen-bond acceptors (Lipinski definition) is 4. The van der Waals surface area contributed by atoms with Gasteiger partial charge in [-0.05, 0) is 18.2 Å². The van der Waals surface area contributed by atoms with E-state index in [1.807, 2.05) is 0 Å². The molecular formula is C9H8F3N3O2S. The summed E-state index contributed by atoms with van der Waals surface area (Å²) >= 11 is 0. The molecule has 3 N–H and O–H groups in total. The lowest BCUT2D eigenvalue weighted by Gasteiger charge is -2.14. The van der Waals surface area contributed by atoms with Gasteiger partial charge in [-0.1, -0.05) is 0 Å². The molecule has 0 aliphatic carbocycles. The predicted molar refractivity (Wildman–Crippen MR) is 58.9 cm³/mol. The molecule has 0 heterocycles. The van der Waals surface area contributed by atoms with Gasteiger partial charge in [0.05, 0.1) is 17.3 Å². The molecule has 98 valence electrons. The van der Waals surface area contributed by atoms with E-state index in [0.29, 0.717) is 6.07 Å². The second-order valence-corrected chi connectivity index (χ2v) is 5.04. The number of nitrogen functional groups attached to an aromatic ring is 1. The molecular weight excluding hydrogens is 271 g/mol. The highest BCUT2D eigenvalue weighted by Crippen LogP contribution is 2.36. The van der Waals surface area contributed by atoms with Crippen LogP contribution in [0.2, 0.25) is 0 Å². The zero-order valence-electron chi connectivity index (χ0n) is 8.82. The maximum atomic E-state index is 12.6. The second kappa shape index (κ2) is 4.73. The van der Waals surface area contributed by atoms with E-state index in [2.05, 4.69) is 0 Å². The topological polar surface area (TPSA) is 96.0 Å². The van der Waals surface area contributed by atoms with E-state index in [1.54, 1.807) is 4.72 Å². The Labute approximate surface area is 101 Å². The average molecular weight is 279 g/mol. The minimum Gasteiger partial charge on any atom is -0.399 e. The van der Waals surface area contributed by atoms with Gasteiger partial charge in [0.15, 0.2) is 5.75 Å². The second-order valence-electron chi connectivity index (χ2n) is 3.32. The zero-order valence-corrected chi connectivity index (χ0v) is 9.64. The Kier molecular flexibility index (Phi) is 3.71. The molecule has 0 unspecified atom stereocenters. The van der Waals surface area contributed by atoms with Crippen LogP contribution < -0.4 is 10.5 Å². The van der Waals surface area contributed by atoms with Gasteiger partial charge in [-0.2, -0.15) is 18.4 Å². The van der Waals surface area contributed by atoms with Crippen LogP contribution in [0.4, 0.5) is 24.5 Å². The van der Waals surface area contributed by atoms with Crippen molar-refractivity contribution in [2.24, 2.45) is 0 Å². The molecule has 0 aromatic heterocycles. The van der Waals surface area contributed by atoms with Crippen LogP contribution in [-0.2, 0) is 16.2 Å². The van der Waals surface area contributed by atoms with Gasteiger partial charge in [0, 0.05) is 5.69 Å². The monoisotopic (exact) mass is 279 g/mol. The van der Waals surface area contributed by atoms with Crippen molar-refractivity contribution < 1.29 is 21.6 Å². The standard InChI is InChI=1S/C9H8F3N3O2S/c10-9(11,12)7-5-6(14)1-2-8(7)15-18(16,17)4-3-13/h1-2,5,15H,4,14H2. The highest BCUT2D eigenvalue weighted by Gasteiger charge is 2.34. The molecule has 1 aromatic carbocycles. The van der Waals surface area contributed by atoms with Crippen molar-refractivity contribution in [3.63, 3.8) is 0 Å². The van der Waals surface area contributed by atoms with Crippen LogP contribution in [-0.4, -0.2) is 14.2 Å². The SMILES string of the molecule is N#CCS(=O)(=O)Nc1ccc(N)cc1C(F)(F)F. The Morgan fingerprint density at radius 1 is 1.39 bits per heavy atom. The smallest absolute Gasteiger partial charge is 0.399 e. The van der Waals surface area contributed by atoms with Gasteiger partial charge in [-0.15, -0.1) is 0 Å². The number of hydrogen-bond donors (Lipinski definition) is 2. The summed E-state index contributed by atoms with van der Waals surface area (Å²) in [6.45, 7) is 0. The van der Waals surface area contributed by atoms with E-state index < -0.39 is 33.2 Å². The lowest BCUT2D eigenvalue weighted by Crippen LogP contribution is -2.19. The van der Waals surface area contributed by atoms with E-state index >= 15 is 0 Å². The number of rotatable bonds is 3. The van der Waals surface area contributed by atoms with Crippen molar-refractivity contribution in [1.29, 1.82) is 5.26 Å². The summed E-state index contributed by atoms with van der Waals surface area (Å²) in [6.07, 6.45) is -4.75. The van der Waals surface area contributed by atoms with E-state index in [0.717, 1.165) is 12.1 Å². The number of benzene rings is 1. The van der Waals surface area contributed by atoms with Crippen molar-refractivity contribution in [2.45, 2.75) is 6.18 Å². The molecule has 0 atom stereocenters. The fourth-order valence-electron chi connectivity index (χ4n) is 1.17. The molecule has 0 aliphatic heterocycles. The van der Waals surface area contributed by atoms with E-state index in [4.69, 9.17) is 11.0 Å². The van der Waals surface area contributed by atoms with Crippen LogP contribution >= 0.6 is 0 Å². The Bertz CT molecular complexity index is 590. The fraction of sp³-hybridized carbons (Fsp3) is 0.222. The molecule has 9 heteroatoms. The van der Waals surface area contributed by atoms with Crippen molar-refractivity contribution in [3.05, 3.63) is 23.8 Å². The highest BCUT2D eigenvalue weighted by atomic mass is 32.2. The van der Waals surface area contributed by atoms with Gasteiger partial charge in [0.1, 0.15) is 0 Å². The zero-order chi connectivity index (χ0) is 14.0. The van der Waals surface area contributed by atoms with Crippen LogP contribution in [0, 0.1) is 11.3 Å². The van der Waals surface area contributed by atoms with Crippen LogP contribution in [0.25, 0.3) is 0 Å². The van der Waals surface area contributed by atoms with Crippen LogP contribution in [0.1, 0.15) is 5.56 Å². The molecule has 0 radical (unpaired) electrons. The van der Waals surface area contributed by atoms with Crippen molar-refractivity contribution >= 4 is 21.4 Å². The summed E-state index contributed by atoms with van der Waals surface area (Å²) in [5, 5.41) is 8.24. The first kappa shape index (κ1) is 14.1. The fourth-order valence-corrected chi connectivity index (χ4v) is 1.93. The summed E-state index contributed by atoms with van der Waals surface area (Å²) in [4.78, 5) is 0. The van der Waals surface area contributed by atoms with Crippen molar-refractivity contribution in [3.8, 4) is 6.07 Å². The summed E-state index contributed by atoms with van der Waals surface area (Å²) < 4.78 is 62.1. The lowest BCUT2D eigenvalue weighted by molar-refractivity contribution is -0.136. The maximum absolute atomic E-state index is 12.6. The minimum absolute atomic E-state index is 0.148. The summed E-state index contributed by atoms with van der Waals surface area (Å²) in [6, 6.07) is 3.98. The van der Waals surface area contributed by atoms with Gasteiger partial charge < -0.3 is 5.73 Å². The van der Waals surface area contributed by atoms with Gasteiger partial charge >= 0.3 is 6.18 Å². The molecule has 0 amide bonds. The molecule has 0 saturated heterocycles. The van der Waals surface area contributed by atoms with E-state index in [-0.39, 0.29) is 5.69 Å². The third-order valence-electron chi connectivity index (χ3n) is 1.87. The van der Waals surface area contributed by atoms with Gasteiger partial charge in [0.2, 0.25) is 10.0 Å². The number of anilines is 2. The number of halogens is 3. The van der Waals surface area contributed by atoms with E-state index in [1.165, 1.54) is 6.07 Å². The Morgan fingerprint density at radius 2 is 2.00 bits per heavy atom. The number of nitriles is 1. The molecule has 0 saturated carbocycles. The maximum Gasteiger partial charge on any atom is 0.418 e. The number of nitrogens with two attached hydrogens (primary N) is 1. The lowest BCUT2D eigenvalue weighted by atomic mass is 10.1. The number of nitrogens with zero attached hydrogens (tertiary/aromatic N) is 1. The first-order valence-corrected chi connectivity index (χ1v) is 6.15. The van der Waals surface area contributed by atoms with Gasteiger partial charge in [-0.25, -0.2) is 8.42 Å². The van der Waals surface area contributed by atoms with Crippen LogP contribution in [0.15, 0.2) is 18.2 Å². The average Bonchev–Trinajstić information content (AvgIpc) is 2.18. The van der Waals surface area contributed by atoms with Crippen molar-refractivity contribution in [2.75, 3.05) is 16.2 Å². The van der Waals surface area contributed by atoms with Gasteiger partial charge in [-0.3, -0.25) is 4.72 Å². The first-order chi connectivity index (χ1) is 8.15. The first-order valence-electron chi connectivity index (χ1n) is 4.50. The summed E-state index contributed by atoms with van der Waals surface area (Å²) in [5.74, 6) is -0.936. The third kappa shape index (κ3) is 3.53. The summed E-state index contributed by atoms with van der Waals surface area (Å²) in [5.41, 5.74) is 3.20. The quantitative estimate of drug-likeness (QED) is 0.820. The van der Waals surface area contributed by atoms with Crippen LogP contribution in [0.3, 0.4) is 0 Å². The molecule has 1 rings (SSSR count). The molecule has 5 nitrogen and oxygen atoms in total. The molecule has 0 bridgehead atoms. The Hall–Kier alpha value is -1.95. The number of alkyl halides is 3. The molecule has 0 spiro atoms. The highest BCUT2D eigenvalue weighted by molar-refractivity contribution is 7.92. The normalized spacial score (nSPS) is 11.9. The molecule has 18 heavy (non-hydrogen) atoms. The molecule has 0 fully saturated rings. The number of sulfonamides is 1. The number of nitrogens with one attached hydrogen (secondary N) is 1.